The molecule has 1 aliphatic heterocycles. The van der Waals surface area contributed by atoms with E-state index >= 15 is 0 Å². The number of hydrogen-bond donors (Lipinski definition) is 1. The van der Waals surface area contributed by atoms with Gasteiger partial charge in [-0.1, -0.05) is 6.92 Å². The van der Waals surface area contributed by atoms with Gasteiger partial charge in [-0.3, -0.25) is 9.89 Å². The minimum atomic E-state index is -0.00361. The minimum absolute atomic E-state index is 0.00361. The Morgan fingerprint density at radius 2 is 2.35 bits per heavy atom. The first-order valence-corrected chi connectivity index (χ1v) is 7.91. The average molecular weight is 315 g/mol. The number of carbonyl (C=O) groups is 1. The molecule has 1 atom stereocenters. The standard InChI is InChI=1S/C16H21N5O2/c1-3-13-18-15(20-19-13)12-5-4-8-21(10-12)16(22)11-6-7-14(23-2)17-9-11/h6-7,9,12H,3-5,8,10H2,1-2H3,(H,18,19,20). The van der Waals surface area contributed by atoms with E-state index < -0.39 is 0 Å². The van der Waals surface area contributed by atoms with E-state index in [2.05, 4.69) is 20.2 Å². The van der Waals surface area contributed by atoms with E-state index in [0.717, 1.165) is 37.5 Å². The van der Waals surface area contributed by atoms with Gasteiger partial charge in [-0.15, -0.1) is 0 Å². The summed E-state index contributed by atoms with van der Waals surface area (Å²) >= 11 is 0. The number of pyridine rings is 1. The van der Waals surface area contributed by atoms with Crippen LogP contribution in [0.25, 0.3) is 0 Å². The van der Waals surface area contributed by atoms with Crippen LogP contribution in [0.15, 0.2) is 18.3 Å². The van der Waals surface area contributed by atoms with Crippen molar-refractivity contribution in [3.8, 4) is 5.88 Å². The van der Waals surface area contributed by atoms with Gasteiger partial charge >= 0.3 is 0 Å². The third kappa shape index (κ3) is 3.33. The third-order valence-corrected chi connectivity index (χ3v) is 4.15. The first-order valence-electron chi connectivity index (χ1n) is 7.91. The van der Waals surface area contributed by atoms with Crippen LogP contribution in [0, 0.1) is 0 Å². The zero-order chi connectivity index (χ0) is 16.2. The number of nitrogens with zero attached hydrogens (tertiary/aromatic N) is 4. The number of amides is 1. The number of aryl methyl sites for hydroxylation is 1. The number of ether oxygens (including phenoxy) is 1. The molecule has 2 aromatic heterocycles. The Kier molecular flexibility index (Phi) is 4.55. The molecule has 0 bridgehead atoms. The molecule has 0 aromatic carbocycles. The Hall–Kier alpha value is -2.44. The van der Waals surface area contributed by atoms with Crippen LogP contribution in [0.1, 0.15) is 47.7 Å². The highest BCUT2D eigenvalue weighted by molar-refractivity contribution is 5.94. The van der Waals surface area contributed by atoms with Crippen LogP contribution in [0.3, 0.4) is 0 Å². The fourth-order valence-corrected chi connectivity index (χ4v) is 2.83. The van der Waals surface area contributed by atoms with Crippen molar-refractivity contribution < 1.29 is 9.53 Å². The zero-order valence-corrected chi connectivity index (χ0v) is 13.5. The number of piperidine rings is 1. The lowest BCUT2D eigenvalue weighted by Gasteiger charge is -2.31. The molecule has 0 radical (unpaired) electrons. The van der Waals surface area contributed by atoms with Crippen LogP contribution >= 0.6 is 0 Å². The Balaban J connectivity index is 1.70. The number of methoxy groups -OCH3 is 1. The van der Waals surface area contributed by atoms with Crippen molar-refractivity contribution in [1.29, 1.82) is 0 Å². The lowest BCUT2D eigenvalue weighted by atomic mass is 9.97. The van der Waals surface area contributed by atoms with E-state index in [1.54, 1.807) is 25.4 Å². The summed E-state index contributed by atoms with van der Waals surface area (Å²) in [7, 11) is 1.56. The summed E-state index contributed by atoms with van der Waals surface area (Å²) < 4.78 is 5.03. The Morgan fingerprint density at radius 1 is 1.48 bits per heavy atom. The van der Waals surface area contributed by atoms with Gasteiger partial charge in [0.1, 0.15) is 5.82 Å². The van der Waals surface area contributed by atoms with Gasteiger partial charge in [-0.25, -0.2) is 9.97 Å². The summed E-state index contributed by atoms with van der Waals surface area (Å²) in [6, 6.07) is 3.46. The second kappa shape index (κ2) is 6.76. The van der Waals surface area contributed by atoms with Gasteiger partial charge in [0.25, 0.3) is 5.91 Å². The SMILES string of the molecule is CCc1nc(C2CCCN(C(=O)c3ccc(OC)nc3)C2)n[nH]1. The molecule has 3 heterocycles. The summed E-state index contributed by atoms with van der Waals surface area (Å²) in [5.41, 5.74) is 0.579. The molecule has 1 N–H and O–H groups in total. The third-order valence-electron chi connectivity index (χ3n) is 4.15. The zero-order valence-electron chi connectivity index (χ0n) is 13.5. The lowest BCUT2D eigenvalue weighted by Crippen LogP contribution is -2.39. The Bertz CT molecular complexity index is 667. The molecule has 1 aliphatic rings. The molecule has 7 heteroatoms. The first kappa shape index (κ1) is 15.5. The Labute approximate surface area is 135 Å². The minimum Gasteiger partial charge on any atom is -0.481 e. The van der Waals surface area contributed by atoms with Gasteiger partial charge in [0, 0.05) is 37.7 Å². The predicted molar refractivity (Wildman–Crippen MR) is 84.4 cm³/mol. The second-order valence-corrected chi connectivity index (χ2v) is 5.67. The number of aromatic amines is 1. The topological polar surface area (TPSA) is 84.0 Å². The van der Waals surface area contributed by atoms with Crippen molar-refractivity contribution in [1.82, 2.24) is 25.1 Å². The van der Waals surface area contributed by atoms with E-state index in [9.17, 15) is 4.79 Å². The molecule has 23 heavy (non-hydrogen) atoms. The first-order chi connectivity index (χ1) is 11.2. The van der Waals surface area contributed by atoms with Gasteiger partial charge in [0.2, 0.25) is 5.88 Å². The van der Waals surface area contributed by atoms with Crippen molar-refractivity contribution >= 4 is 5.91 Å². The van der Waals surface area contributed by atoms with Crippen molar-refractivity contribution in [3.05, 3.63) is 35.5 Å². The fourth-order valence-electron chi connectivity index (χ4n) is 2.83. The maximum atomic E-state index is 12.6. The maximum absolute atomic E-state index is 12.6. The van der Waals surface area contributed by atoms with E-state index in [4.69, 9.17) is 4.74 Å². The summed E-state index contributed by atoms with van der Waals surface area (Å²) in [6.07, 6.45) is 4.36. The number of H-pyrrole nitrogens is 1. The second-order valence-electron chi connectivity index (χ2n) is 5.67. The molecule has 2 aromatic rings. The largest absolute Gasteiger partial charge is 0.481 e. The van der Waals surface area contributed by atoms with Crippen molar-refractivity contribution in [2.45, 2.75) is 32.1 Å². The summed E-state index contributed by atoms with van der Waals surface area (Å²) in [4.78, 5) is 23.1. The van der Waals surface area contributed by atoms with Crippen LogP contribution in [0.2, 0.25) is 0 Å². The highest BCUT2D eigenvalue weighted by atomic mass is 16.5. The normalized spacial score (nSPS) is 18.0. The molecular weight excluding hydrogens is 294 g/mol. The molecule has 1 unspecified atom stereocenters. The fraction of sp³-hybridized carbons (Fsp3) is 0.500. The van der Waals surface area contributed by atoms with Crippen LogP contribution in [-0.4, -0.2) is 51.2 Å². The molecule has 1 fully saturated rings. The maximum Gasteiger partial charge on any atom is 0.255 e. The molecule has 0 spiro atoms. The van der Waals surface area contributed by atoms with Gasteiger partial charge in [-0.2, -0.15) is 5.10 Å². The molecule has 0 aliphatic carbocycles. The Morgan fingerprint density at radius 3 is 3.00 bits per heavy atom. The number of aromatic nitrogens is 4. The number of nitrogens with one attached hydrogen (secondary N) is 1. The number of hydrogen-bond acceptors (Lipinski definition) is 5. The highest BCUT2D eigenvalue weighted by Gasteiger charge is 2.28. The van der Waals surface area contributed by atoms with Gasteiger partial charge in [0.05, 0.1) is 12.7 Å². The molecule has 122 valence electrons. The van der Waals surface area contributed by atoms with Gasteiger partial charge < -0.3 is 9.64 Å². The molecule has 0 saturated carbocycles. The summed E-state index contributed by atoms with van der Waals surface area (Å²) in [6.45, 7) is 3.44. The quantitative estimate of drug-likeness (QED) is 0.930. The van der Waals surface area contributed by atoms with Crippen LogP contribution in [0.5, 0.6) is 5.88 Å². The molecule has 7 nitrogen and oxygen atoms in total. The monoisotopic (exact) mass is 315 g/mol. The smallest absolute Gasteiger partial charge is 0.255 e. The van der Waals surface area contributed by atoms with E-state index in [-0.39, 0.29) is 11.8 Å². The van der Waals surface area contributed by atoms with Gasteiger partial charge in [0.15, 0.2) is 5.82 Å². The van der Waals surface area contributed by atoms with Crippen LogP contribution in [-0.2, 0) is 6.42 Å². The average Bonchev–Trinajstić information content (AvgIpc) is 3.10. The van der Waals surface area contributed by atoms with Crippen molar-refractivity contribution in [3.63, 3.8) is 0 Å². The number of likely N-dealkylation sites (tertiary alicyclic amines) is 1. The number of rotatable bonds is 4. The number of carbonyl (C=O) groups excluding carboxylic acids is 1. The van der Waals surface area contributed by atoms with E-state index in [1.165, 1.54) is 0 Å². The lowest BCUT2D eigenvalue weighted by molar-refractivity contribution is 0.0704. The molecular formula is C16H21N5O2. The van der Waals surface area contributed by atoms with Crippen LogP contribution < -0.4 is 4.74 Å². The highest BCUT2D eigenvalue weighted by Crippen LogP contribution is 2.25. The van der Waals surface area contributed by atoms with Gasteiger partial charge in [-0.05, 0) is 18.9 Å². The summed E-state index contributed by atoms with van der Waals surface area (Å²) in [5.74, 6) is 2.40. The van der Waals surface area contributed by atoms with E-state index in [0.29, 0.717) is 18.0 Å². The van der Waals surface area contributed by atoms with Crippen molar-refractivity contribution in [2.24, 2.45) is 0 Å². The summed E-state index contributed by atoms with van der Waals surface area (Å²) in [5, 5.41) is 7.25. The molecule has 3 rings (SSSR count). The molecule has 1 saturated heterocycles. The van der Waals surface area contributed by atoms with Crippen LogP contribution in [0.4, 0.5) is 0 Å². The van der Waals surface area contributed by atoms with Crippen molar-refractivity contribution in [2.75, 3.05) is 20.2 Å². The van der Waals surface area contributed by atoms with E-state index in [1.807, 2.05) is 11.8 Å². The molecule has 1 amide bonds. The predicted octanol–water partition coefficient (Wildman–Crippen LogP) is 1.79.